The number of rotatable bonds is 5. The second kappa shape index (κ2) is 8.15. The molecule has 0 saturated carbocycles. The van der Waals surface area contributed by atoms with Crippen molar-refractivity contribution in [2.45, 2.75) is 6.61 Å². The Balaban J connectivity index is 1.41. The third-order valence-electron chi connectivity index (χ3n) is 5.59. The average Bonchev–Trinajstić information content (AvgIpc) is 3.07. The lowest BCUT2D eigenvalue weighted by atomic mass is 10.1. The minimum atomic E-state index is -0.0745. The van der Waals surface area contributed by atoms with Gasteiger partial charge in [0, 0.05) is 43.0 Å². The van der Waals surface area contributed by atoms with Crippen LogP contribution in [0, 0.1) is 0 Å². The summed E-state index contributed by atoms with van der Waals surface area (Å²) in [4.78, 5) is 21.4. The molecule has 3 heterocycles. The summed E-state index contributed by atoms with van der Waals surface area (Å²) in [6.45, 7) is 0.385. The first-order valence-electron chi connectivity index (χ1n) is 10.4. The molecule has 32 heavy (non-hydrogen) atoms. The summed E-state index contributed by atoms with van der Waals surface area (Å²) in [5.74, 6) is 0.745. The van der Waals surface area contributed by atoms with E-state index in [2.05, 4.69) is 16.0 Å². The zero-order valence-corrected chi connectivity index (χ0v) is 17.9. The van der Waals surface area contributed by atoms with Gasteiger partial charge in [-0.15, -0.1) is 0 Å². The maximum atomic E-state index is 12.7. The molecule has 5 aromatic rings. The van der Waals surface area contributed by atoms with Crippen LogP contribution in [0.5, 0.6) is 5.75 Å². The largest absolute Gasteiger partial charge is 0.487 e. The molecule has 0 radical (unpaired) electrons. The van der Waals surface area contributed by atoms with E-state index in [1.165, 1.54) is 0 Å². The van der Waals surface area contributed by atoms with Crippen LogP contribution in [0.2, 0.25) is 0 Å². The number of pyridine rings is 2. The SMILES string of the molecule is Cn1c(-c2ccncc2)c(-c2ccc(OCc3ccc4ccccc4n3)cc2)n(C)c1=O. The molecule has 0 N–H and O–H groups in total. The van der Waals surface area contributed by atoms with Crippen LogP contribution in [0.3, 0.4) is 0 Å². The number of aromatic nitrogens is 4. The normalized spacial score (nSPS) is 11.1. The van der Waals surface area contributed by atoms with Gasteiger partial charge in [0.1, 0.15) is 12.4 Å². The molecule has 0 unspecified atom stereocenters. The first-order valence-corrected chi connectivity index (χ1v) is 10.4. The Morgan fingerprint density at radius 3 is 2.16 bits per heavy atom. The third kappa shape index (κ3) is 3.56. The summed E-state index contributed by atoms with van der Waals surface area (Å²) < 4.78 is 9.30. The van der Waals surface area contributed by atoms with Gasteiger partial charge in [0.15, 0.2) is 0 Å². The molecular weight excluding hydrogens is 400 g/mol. The summed E-state index contributed by atoms with van der Waals surface area (Å²) >= 11 is 0. The number of para-hydroxylation sites is 1. The molecule has 0 aliphatic rings. The minimum Gasteiger partial charge on any atom is -0.487 e. The maximum Gasteiger partial charge on any atom is 0.328 e. The molecule has 3 aromatic heterocycles. The van der Waals surface area contributed by atoms with Crippen LogP contribution in [-0.2, 0) is 20.7 Å². The van der Waals surface area contributed by atoms with Crippen LogP contribution < -0.4 is 10.4 Å². The fraction of sp³-hybridized carbons (Fsp3) is 0.115. The number of ether oxygens (including phenoxy) is 1. The van der Waals surface area contributed by atoms with Crippen LogP contribution in [0.1, 0.15) is 5.69 Å². The second-order valence-corrected chi connectivity index (χ2v) is 7.64. The monoisotopic (exact) mass is 422 g/mol. The smallest absolute Gasteiger partial charge is 0.328 e. The zero-order valence-electron chi connectivity index (χ0n) is 17.9. The molecule has 158 valence electrons. The molecule has 0 spiro atoms. The van der Waals surface area contributed by atoms with E-state index in [1.54, 1.807) is 35.6 Å². The van der Waals surface area contributed by atoms with Gasteiger partial charge in [0.25, 0.3) is 0 Å². The molecule has 0 bridgehead atoms. The van der Waals surface area contributed by atoms with E-state index in [4.69, 9.17) is 4.74 Å². The Morgan fingerprint density at radius 2 is 1.44 bits per heavy atom. The van der Waals surface area contributed by atoms with Gasteiger partial charge >= 0.3 is 5.69 Å². The lowest BCUT2D eigenvalue weighted by molar-refractivity contribution is 0.302. The van der Waals surface area contributed by atoms with Crippen molar-refractivity contribution in [1.82, 2.24) is 19.1 Å². The molecule has 0 amide bonds. The van der Waals surface area contributed by atoms with Gasteiger partial charge in [-0.3, -0.25) is 14.1 Å². The third-order valence-corrected chi connectivity index (χ3v) is 5.59. The molecular formula is C26H22N4O2. The molecule has 0 atom stereocenters. The van der Waals surface area contributed by atoms with Crippen molar-refractivity contribution in [1.29, 1.82) is 0 Å². The van der Waals surface area contributed by atoms with Gasteiger partial charge in [-0.25, -0.2) is 9.78 Å². The molecule has 6 nitrogen and oxygen atoms in total. The van der Waals surface area contributed by atoms with Gasteiger partial charge < -0.3 is 4.74 Å². The van der Waals surface area contributed by atoms with Crippen molar-refractivity contribution < 1.29 is 4.74 Å². The second-order valence-electron chi connectivity index (χ2n) is 7.64. The highest BCUT2D eigenvalue weighted by molar-refractivity contribution is 5.79. The Kier molecular flexibility index (Phi) is 5.03. The van der Waals surface area contributed by atoms with Crippen molar-refractivity contribution >= 4 is 10.9 Å². The van der Waals surface area contributed by atoms with Gasteiger partial charge in [0.05, 0.1) is 22.6 Å². The van der Waals surface area contributed by atoms with E-state index in [9.17, 15) is 4.79 Å². The molecule has 2 aromatic carbocycles. The number of hydrogen-bond donors (Lipinski definition) is 0. The van der Waals surface area contributed by atoms with Gasteiger partial charge in [-0.1, -0.05) is 24.3 Å². The van der Waals surface area contributed by atoms with Gasteiger partial charge in [-0.05, 0) is 48.5 Å². The van der Waals surface area contributed by atoms with Crippen LogP contribution in [0.15, 0.2) is 90.0 Å². The highest BCUT2D eigenvalue weighted by Crippen LogP contribution is 2.31. The van der Waals surface area contributed by atoms with E-state index in [0.717, 1.165) is 44.9 Å². The summed E-state index contributed by atoms with van der Waals surface area (Å²) in [6, 6.07) is 23.7. The lowest BCUT2D eigenvalue weighted by Gasteiger charge is -2.10. The summed E-state index contributed by atoms with van der Waals surface area (Å²) in [5, 5.41) is 1.11. The fourth-order valence-electron chi connectivity index (χ4n) is 3.96. The van der Waals surface area contributed by atoms with E-state index < -0.39 is 0 Å². The number of nitrogens with zero attached hydrogens (tertiary/aromatic N) is 4. The predicted molar refractivity (Wildman–Crippen MR) is 125 cm³/mol. The first-order chi connectivity index (χ1) is 15.6. The van der Waals surface area contributed by atoms with E-state index >= 15 is 0 Å². The van der Waals surface area contributed by atoms with Crippen molar-refractivity contribution in [2.75, 3.05) is 0 Å². The topological polar surface area (TPSA) is 61.9 Å². The Bertz CT molecular complexity index is 1450. The molecule has 0 aliphatic heterocycles. The number of fused-ring (bicyclic) bond motifs is 1. The fourth-order valence-corrected chi connectivity index (χ4v) is 3.96. The molecule has 5 rings (SSSR count). The predicted octanol–water partition coefficient (Wildman–Crippen LogP) is 4.58. The maximum absolute atomic E-state index is 12.7. The highest BCUT2D eigenvalue weighted by Gasteiger charge is 2.18. The highest BCUT2D eigenvalue weighted by atomic mass is 16.5. The van der Waals surface area contributed by atoms with E-state index in [0.29, 0.717) is 6.61 Å². The summed E-state index contributed by atoms with van der Waals surface area (Å²) in [5.41, 5.74) is 5.34. The Labute approximate surface area is 185 Å². The van der Waals surface area contributed by atoms with Crippen LogP contribution in [-0.4, -0.2) is 19.1 Å². The number of imidazole rings is 1. The summed E-state index contributed by atoms with van der Waals surface area (Å²) in [6.07, 6.45) is 3.46. The lowest BCUT2D eigenvalue weighted by Crippen LogP contribution is -2.20. The standard InChI is InChI=1S/C26H22N4O2/c1-29-24(25(30(2)26(29)31)20-13-15-27-16-14-20)19-8-11-22(12-9-19)32-17-21-10-7-18-5-3-4-6-23(18)28-21/h3-16H,17H2,1-2H3. The Morgan fingerprint density at radius 1 is 0.781 bits per heavy atom. The minimum absolute atomic E-state index is 0.0745. The average molecular weight is 422 g/mol. The van der Waals surface area contributed by atoms with E-state index in [1.807, 2.05) is 66.7 Å². The quantitative estimate of drug-likeness (QED) is 0.416. The van der Waals surface area contributed by atoms with Crippen LogP contribution in [0.25, 0.3) is 33.4 Å². The molecule has 0 fully saturated rings. The summed E-state index contributed by atoms with van der Waals surface area (Å²) in [7, 11) is 3.58. The van der Waals surface area contributed by atoms with Gasteiger partial charge in [0.2, 0.25) is 0 Å². The van der Waals surface area contributed by atoms with Crippen molar-refractivity contribution in [3.63, 3.8) is 0 Å². The number of hydrogen-bond acceptors (Lipinski definition) is 4. The first kappa shape index (κ1) is 19.8. The van der Waals surface area contributed by atoms with Crippen molar-refractivity contribution in [3.05, 3.63) is 101 Å². The van der Waals surface area contributed by atoms with Crippen LogP contribution >= 0.6 is 0 Å². The van der Waals surface area contributed by atoms with Crippen LogP contribution in [0.4, 0.5) is 0 Å². The van der Waals surface area contributed by atoms with Gasteiger partial charge in [-0.2, -0.15) is 0 Å². The molecule has 0 aliphatic carbocycles. The molecule has 0 saturated heterocycles. The number of benzene rings is 2. The zero-order chi connectivity index (χ0) is 22.1. The Hall–Kier alpha value is -4.19. The van der Waals surface area contributed by atoms with Crippen molar-refractivity contribution in [3.8, 4) is 28.3 Å². The molecule has 6 heteroatoms. The van der Waals surface area contributed by atoms with E-state index in [-0.39, 0.29) is 5.69 Å². The van der Waals surface area contributed by atoms with Crippen molar-refractivity contribution in [2.24, 2.45) is 14.1 Å².